The summed E-state index contributed by atoms with van der Waals surface area (Å²) in [6, 6.07) is 59.9. The highest BCUT2D eigenvalue weighted by atomic mass is 15.1. The fourth-order valence-corrected chi connectivity index (χ4v) is 7.67. The molecular weight excluding hydrogens is 621 g/mol. The average Bonchev–Trinajstić information content (AvgIpc) is 3.21. The van der Waals surface area contributed by atoms with Gasteiger partial charge in [-0.2, -0.15) is 0 Å². The lowest BCUT2D eigenvalue weighted by Gasteiger charge is -2.27. The van der Waals surface area contributed by atoms with Crippen molar-refractivity contribution in [1.82, 2.24) is 15.0 Å². The van der Waals surface area contributed by atoms with Crippen molar-refractivity contribution in [2.24, 2.45) is 0 Å². The van der Waals surface area contributed by atoms with Crippen LogP contribution in [0.1, 0.15) is 0 Å². The summed E-state index contributed by atoms with van der Waals surface area (Å²) in [7, 11) is 0. The standard InChI is InChI=1S/C47H30N4/c1-4-13-32(14-5-1)44-40-27-24-31-15-10-21-37(36-28-30-49-47-38(36)26-25-33-16-12-29-48-45(33)47)42(31)43(40)39-22-11-23-41(46(39)50-44)51(34-17-6-2-7-18-34)35-19-8-3-9-20-35/h1-30H. The van der Waals surface area contributed by atoms with E-state index in [1.54, 1.807) is 0 Å². The summed E-state index contributed by atoms with van der Waals surface area (Å²) in [6.45, 7) is 0. The van der Waals surface area contributed by atoms with E-state index in [9.17, 15) is 0 Å². The summed E-state index contributed by atoms with van der Waals surface area (Å²) in [6.07, 6.45) is 3.76. The molecule has 0 bridgehead atoms. The molecule has 0 unspecified atom stereocenters. The van der Waals surface area contributed by atoms with Gasteiger partial charge < -0.3 is 4.90 Å². The molecule has 3 aromatic heterocycles. The Morgan fingerprint density at radius 3 is 1.82 bits per heavy atom. The van der Waals surface area contributed by atoms with Crippen LogP contribution >= 0.6 is 0 Å². The smallest absolute Gasteiger partial charge is 0.0970 e. The molecule has 0 aliphatic heterocycles. The first kappa shape index (κ1) is 29.0. The maximum absolute atomic E-state index is 5.58. The van der Waals surface area contributed by atoms with Crippen molar-refractivity contribution < 1.29 is 0 Å². The van der Waals surface area contributed by atoms with Crippen LogP contribution in [0.5, 0.6) is 0 Å². The number of nitrogens with zero attached hydrogens (tertiary/aromatic N) is 4. The van der Waals surface area contributed by atoms with Crippen LogP contribution in [0.15, 0.2) is 182 Å². The molecule has 10 rings (SSSR count). The Morgan fingerprint density at radius 2 is 1.04 bits per heavy atom. The first-order valence-corrected chi connectivity index (χ1v) is 17.2. The van der Waals surface area contributed by atoms with Crippen LogP contribution in [0, 0.1) is 0 Å². The van der Waals surface area contributed by atoms with Crippen molar-refractivity contribution in [2.45, 2.75) is 0 Å². The molecule has 0 radical (unpaired) electrons. The maximum atomic E-state index is 5.58. The second-order valence-corrected chi connectivity index (χ2v) is 12.8. The Bertz CT molecular complexity index is 2870. The third kappa shape index (κ3) is 4.72. The molecule has 0 aliphatic carbocycles. The molecule has 4 heteroatoms. The monoisotopic (exact) mass is 650 g/mol. The highest BCUT2D eigenvalue weighted by Crippen LogP contribution is 2.46. The van der Waals surface area contributed by atoms with E-state index < -0.39 is 0 Å². The number of fused-ring (bicyclic) bond motifs is 8. The summed E-state index contributed by atoms with van der Waals surface area (Å²) in [5, 5.41) is 7.91. The van der Waals surface area contributed by atoms with Crippen LogP contribution in [-0.4, -0.2) is 15.0 Å². The first-order valence-electron chi connectivity index (χ1n) is 17.2. The van der Waals surface area contributed by atoms with Gasteiger partial charge in [-0.25, -0.2) is 4.98 Å². The highest BCUT2D eigenvalue weighted by Gasteiger charge is 2.22. The third-order valence-corrected chi connectivity index (χ3v) is 9.90. The van der Waals surface area contributed by atoms with Crippen LogP contribution in [0.25, 0.3) is 76.6 Å². The van der Waals surface area contributed by atoms with Crippen molar-refractivity contribution in [3.05, 3.63) is 182 Å². The molecule has 0 aliphatic rings. The van der Waals surface area contributed by atoms with Crippen LogP contribution in [-0.2, 0) is 0 Å². The fraction of sp³-hybridized carbons (Fsp3) is 0. The molecule has 0 saturated carbocycles. The lowest BCUT2D eigenvalue weighted by atomic mass is 9.89. The maximum Gasteiger partial charge on any atom is 0.0970 e. The van der Waals surface area contributed by atoms with Crippen molar-refractivity contribution in [3.63, 3.8) is 0 Å². The Labute approximate surface area is 294 Å². The zero-order chi connectivity index (χ0) is 33.7. The molecule has 0 amide bonds. The molecular formula is C47H30N4. The number of rotatable bonds is 5. The quantitative estimate of drug-likeness (QED) is 0.174. The van der Waals surface area contributed by atoms with Crippen LogP contribution < -0.4 is 4.90 Å². The van der Waals surface area contributed by atoms with Gasteiger partial charge in [0.2, 0.25) is 0 Å². The Morgan fingerprint density at radius 1 is 0.373 bits per heavy atom. The van der Waals surface area contributed by atoms with Crippen LogP contribution in [0.2, 0.25) is 0 Å². The van der Waals surface area contributed by atoms with E-state index >= 15 is 0 Å². The SMILES string of the molecule is c1ccc(-c2nc3c(N(c4ccccc4)c4ccccc4)cccc3c3c2ccc2cccc(-c4ccnc5c4ccc4cccnc45)c23)cc1. The van der Waals surface area contributed by atoms with E-state index in [2.05, 4.69) is 169 Å². The summed E-state index contributed by atoms with van der Waals surface area (Å²) in [5.41, 5.74) is 10.2. The van der Waals surface area contributed by atoms with E-state index in [0.29, 0.717) is 0 Å². The molecule has 10 aromatic rings. The van der Waals surface area contributed by atoms with Crippen molar-refractivity contribution in [3.8, 4) is 22.4 Å². The van der Waals surface area contributed by atoms with Crippen molar-refractivity contribution in [2.75, 3.05) is 4.90 Å². The molecule has 0 fully saturated rings. The van der Waals surface area contributed by atoms with Crippen LogP contribution in [0.3, 0.4) is 0 Å². The number of para-hydroxylation sites is 3. The predicted molar refractivity (Wildman–Crippen MR) is 213 cm³/mol. The molecule has 7 aromatic carbocycles. The number of aromatic nitrogens is 3. The average molecular weight is 651 g/mol. The molecule has 0 saturated heterocycles. The van der Waals surface area contributed by atoms with Gasteiger partial charge in [-0.3, -0.25) is 9.97 Å². The van der Waals surface area contributed by atoms with E-state index in [-0.39, 0.29) is 0 Å². The fourth-order valence-electron chi connectivity index (χ4n) is 7.67. The topological polar surface area (TPSA) is 41.9 Å². The molecule has 0 spiro atoms. The van der Waals surface area contributed by atoms with Gasteiger partial charge >= 0.3 is 0 Å². The third-order valence-electron chi connectivity index (χ3n) is 9.90. The Kier molecular flexibility index (Phi) is 6.78. The lowest BCUT2D eigenvalue weighted by molar-refractivity contribution is 1.28. The molecule has 238 valence electrons. The molecule has 4 nitrogen and oxygen atoms in total. The Balaban J connectivity index is 1.36. The van der Waals surface area contributed by atoms with Gasteiger partial charge in [-0.1, -0.05) is 127 Å². The highest BCUT2D eigenvalue weighted by molar-refractivity contribution is 6.28. The van der Waals surface area contributed by atoms with Gasteiger partial charge in [0.25, 0.3) is 0 Å². The number of anilines is 3. The second-order valence-electron chi connectivity index (χ2n) is 12.8. The number of pyridine rings is 3. The van der Waals surface area contributed by atoms with E-state index in [1.807, 2.05) is 18.5 Å². The largest absolute Gasteiger partial charge is 0.308 e. The van der Waals surface area contributed by atoms with Crippen LogP contribution in [0.4, 0.5) is 17.1 Å². The summed E-state index contributed by atoms with van der Waals surface area (Å²) >= 11 is 0. The lowest BCUT2D eigenvalue weighted by Crippen LogP contribution is -2.11. The van der Waals surface area contributed by atoms with E-state index in [4.69, 9.17) is 15.0 Å². The van der Waals surface area contributed by atoms with Gasteiger partial charge in [0.05, 0.1) is 27.9 Å². The minimum absolute atomic E-state index is 0.906. The van der Waals surface area contributed by atoms with Gasteiger partial charge in [0.1, 0.15) is 0 Å². The first-order chi connectivity index (χ1) is 25.3. The Hall–Kier alpha value is -6.91. The number of benzene rings is 7. The summed E-state index contributed by atoms with van der Waals surface area (Å²) in [5.74, 6) is 0. The summed E-state index contributed by atoms with van der Waals surface area (Å²) < 4.78 is 0. The van der Waals surface area contributed by atoms with Crippen molar-refractivity contribution in [1.29, 1.82) is 0 Å². The zero-order valence-electron chi connectivity index (χ0n) is 27.6. The van der Waals surface area contributed by atoms with Crippen molar-refractivity contribution >= 4 is 71.3 Å². The number of hydrogen-bond acceptors (Lipinski definition) is 4. The molecule has 0 atom stereocenters. The molecule has 0 N–H and O–H groups in total. The minimum atomic E-state index is 0.906. The van der Waals surface area contributed by atoms with Gasteiger partial charge in [-0.15, -0.1) is 0 Å². The zero-order valence-corrected chi connectivity index (χ0v) is 27.6. The van der Waals surface area contributed by atoms with Gasteiger partial charge in [0.15, 0.2) is 0 Å². The summed E-state index contributed by atoms with van der Waals surface area (Å²) in [4.78, 5) is 17.5. The predicted octanol–water partition coefficient (Wildman–Crippen LogP) is 12.4. The number of hydrogen-bond donors (Lipinski definition) is 0. The van der Waals surface area contributed by atoms with E-state index in [0.717, 1.165) is 77.5 Å². The minimum Gasteiger partial charge on any atom is -0.308 e. The normalized spacial score (nSPS) is 11.5. The second kappa shape index (κ2) is 11.9. The van der Waals surface area contributed by atoms with Gasteiger partial charge in [0, 0.05) is 56.3 Å². The van der Waals surface area contributed by atoms with Gasteiger partial charge in [-0.05, 0) is 64.4 Å². The molecule has 3 heterocycles. The molecule has 51 heavy (non-hydrogen) atoms. The van der Waals surface area contributed by atoms with E-state index in [1.165, 1.54) is 16.2 Å².